The van der Waals surface area contributed by atoms with Gasteiger partial charge in [0.15, 0.2) is 0 Å². The van der Waals surface area contributed by atoms with E-state index < -0.39 is 0 Å². The molecule has 1 N–H and O–H groups in total. The van der Waals surface area contributed by atoms with E-state index in [0.717, 1.165) is 40.7 Å². The number of carbonyl (C=O) groups is 1. The lowest BCUT2D eigenvalue weighted by Crippen LogP contribution is -2.39. The van der Waals surface area contributed by atoms with Crippen molar-refractivity contribution in [3.63, 3.8) is 0 Å². The van der Waals surface area contributed by atoms with Gasteiger partial charge in [0.05, 0.1) is 5.75 Å². The molecular formula is C21H28N4OS. The molecule has 144 valence electrons. The van der Waals surface area contributed by atoms with E-state index in [4.69, 9.17) is 0 Å². The van der Waals surface area contributed by atoms with Crippen LogP contribution in [0.3, 0.4) is 0 Å². The summed E-state index contributed by atoms with van der Waals surface area (Å²) in [6.07, 6.45) is 2.87. The zero-order valence-electron chi connectivity index (χ0n) is 16.5. The number of piperidine rings is 1. The Kier molecular flexibility index (Phi) is 6.37. The number of aromatic nitrogens is 2. The van der Waals surface area contributed by atoms with Crippen molar-refractivity contribution >= 4 is 29.2 Å². The molecule has 0 bridgehead atoms. The lowest BCUT2D eigenvalue weighted by atomic mass is 9.92. The van der Waals surface area contributed by atoms with Gasteiger partial charge in [-0.15, -0.1) is 0 Å². The minimum atomic E-state index is -0.0194. The Morgan fingerprint density at radius 2 is 1.93 bits per heavy atom. The smallest absolute Gasteiger partial charge is 0.234 e. The highest BCUT2D eigenvalue weighted by Crippen LogP contribution is 2.27. The van der Waals surface area contributed by atoms with Crippen molar-refractivity contribution in [3.05, 3.63) is 41.7 Å². The van der Waals surface area contributed by atoms with E-state index in [1.807, 2.05) is 38.1 Å². The van der Waals surface area contributed by atoms with Crippen molar-refractivity contribution in [2.24, 2.45) is 11.8 Å². The van der Waals surface area contributed by atoms with Crippen LogP contribution in [0.15, 0.2) is 35.6 Å². The van der Waals surface area contributed by atoms with Crippen LogP contribution in [-0.2, 0) is 4.79 Å². The molecule has 0 saturated carbocycles. The van der Waals surface area contributed by atoms with Crippen molar-refractivity contribution in [2.75, 3.05) is 29.1 Å². The molecule has 6 heteroatoms. The number of hydrogen-bond donors (Lipinski definition) is 1. The number of benzene rings is 1. The SMILES string of the molecule is Cc1ccc(C)c(NC(=O)CSc2cc(N3C[C@@H](C)C[C@H](C)C3)ncn2)c1. The summed E-state index contributed by atoms with van der Waals surface area (Å²) in [6.45, 7) is 10.7. The number of rotatable bonds is 5. The second kappa shape index (κ2) is 8.74. The molecule has 2 atom stereocenters. The summed E-state index contributed by atoms with van der Waals surface area (Å²) in [4.78, 5) is 23.4. The first-order valence-corrected chi connectivity index (χ1v) is 10.5. The summed E-state index contributed by atoms with van der Waals surface area (Å²) in [5.41, 5.74) is 3.07. The predicted molar refractivity (Wildman–Crippen MR) is 112 cm³/mol. The highest BCUT2D eigenvalue weighted by Gasteiger charge is 2.23. The Bertz CT molecular complexity index is 801. The van der Waals surface area contributed by atoms with Gasteiger partial charge >= 0.3 is 0 Å². The third-order valence-corrected chi connectivity index (χ3v) is 5.76. The minimum absolute atomic E-state index is 0.0194. The van der Waals surface area contributed by atoms with Crippen LogP contribution in [-0.4, -0.2) is 34.7 Å². The second-order valence-corrected chi connectivity index (χ2v) is 8.72. The molecule has 0 radical (unpaired) electrons. The molecule has 1 saturated heterocycles. The number of aryl methyl sites for hydroxylation is 2. The molecule has 3 rings (SSSR count). The van der Waals surface area contributed by atoms with Crippen molar-refractivity contribution in [2.45, 2.75) is 39.1 Å². The van der Waals surface area contributed by atoms with E-state index >= 15 is 0 Å². The van der Waals surface area contributed by atoms with E-state index in [0.29, 0.717) is 17.6 Å². The normalized spacial score (nSPS) is 19.8. The lowest BCUT2D eigenvalue weighted by Gasteiger charge is -2.35. The van der Waals surface area contributed by atoms with Crippen LogP contribution < -0.4 is 10.2 Å². The van der Waals surface area contributed by atoms with Crippen LogP contribution in [0.2, 0.25) is 0 Å². The maximum absolute atomic E-state index is 12.3. The topological polar surface area (TPSA) is 58.1 Å². The maximum atomic E-state index is 12.3. The molecule has 1 aromatic carbocycles. The molecular weight excluding hydrogens is 356 g/mol. The van der Waals surface area contributed by atoms with Crippen LogP contribution in [0.5, 0.6) is 0 Å². The van der Waals surface area contributed by atoms with Crippen molar-refractivity contribution in [1.82, 2.24) is 9.97 Å². The molecule has 1 fully saturated rings. The van der Waals surface area contributed by atoms with Gasteiger partial charge in [-0.25, -0.2) is 9.97 Å². The fraction of sp³-hybridized carbons (Fsp3) is 0.476. The Hall–Kier alpha value is -2.08. The summed E-state index contributed by atoms with van der Waals surface area (Å²) in [6, 6.07) is 8.07. The van der Waals surface area contributed by atoms with Crippen molar-refractivity contribution < 1.29 is 4.79 Å². The summed E-state index contributed by atoms with van der Waals surface area (Å²) in [5.74, 6) is 2.61. The summed E-state index contributed by atoms with van der Waals surface area (Å²) < 4.78 is 0. The molecule has 0 aliphatic carbocycles. The lowest BCUT2D eigenvalue weighted by molar-refractivity contribution is -0.113. The zero-order chi connectivity index (χ0) is 19.4. The van der Waals surface area contributed by atoms with Gasteiger partial charge in [0.25, 0.3) is 0 Å². The summed E-state index contributed by atoms with van der Waals surface area (Å²) >= 11 is 1.45. The van der Waals surface area contributed by atoms with E-state index in [2.05, 4.69) is 34.0 Å². The van der Waals surface area contributed by atoms with E-state index in [1.54, 1.807) is 6.33 Å². The van der Waals surface area contributed by atoms with Gasteiger partial charge in [-0.1, -0.05) is 37.7 Å². The highest BCUT2D eigenvalue weighted by molar-refractivity contribution is 7.99. The quantitative estimate of drug-likeness (QED) is 0.615. The molecule has 0 unspecified atom stereocenters. The van der Waals surface area contributed by atoms with Crippen LogP contribution in [0.1, 0.15) is 31.4 Å². The first-order chi connectivity index (χ1) is 12.9. The van der Waals surface area contributed by atoms with Gasteiger partial charge in [-0.2, -0.15) is 0 Å². The average molecular weight is 385 g/mol. The Balaban J connectivity index is 1.59. The molecule has 0 spiro atoms. The first-order valence-electron chi connectivity index (χ1n) is 9.47. The van der Waals surface area contributed by atoms with Gasteiger partial charge in [0, 0.05) is 24.8 Å². The Morgan fingerprint density at radius 1 is 1.19 bits per heavy atom. The number of nitrogens with zero attached hydrogens (tertiary/aromatic N) is 3. The zero-order valence-corrected chi connectivity index (χ0v) is 17.3. The highest BCUT2D eigenvalue weighted by atomic mass is 32.2. The first kappa shape index (κ1) is 19.7. The van der Waals surface area contributed by atoms with Gasteiger partial charge in [0.1, 0.15) is 17.2 Å². The number of anilines is 2. The predicted octanol–water partition coefficient (Wildman–Crippen LogP) is 4.31. The van der Waals surface area contributed by atoms with E-state index in [1.165, 1.54) is 18.2 Å². The number of carbonyl (C=O) groups excluding carboxylic acids is 1. The number of amides is 1. The van der Waals surface area contributed by atoms with Crippen LogP contribution in [0.25, 0.3) is 0 Å². The standard InChI is InChI=1S/C21H28N4OS/c1-14-5-6-17(4)18(8-14)24-20(26)12-27-21-9-19(22-13-23-21)25-10-15(2)7-16(3)11-25/h5-6,8-9,13,15-16H,7,10-12H2,1-4H3,(H,24,26)/t15-,16-/m0/s1. The second-order valence-electron chi connectivity index (χ2n) is 7.72. The van der Waals surface area contributed by atoms with E-state index in [9.17, 15) is 4.79 Å². The van der Waals surface area contributed by atoms with Crippen molar-refractivity contribution in [1.29, 1.82) is 0 Å². The third kappa shape index (κ3) is 5.45. The molecule has 2 aromatic rings. The maximum Gasteiger partial charge on any atom is 0.234 e. The van der Waals surface area contributed by atoms with Gasteiger partial charge in [-0.3, -0.25) is 4.79 Å². The van der Waals surface area contributed by atoms with Crippen molar-refractivity contribution in [3.8, 4) is 0 Å². The fourth-order valence-electron chi connectivity index (χ4n) is 3.63. The molecule has 2 heterocycles. The molecule has 1 aromatic heterocycles. The van der Waals surface area contributed by atoms with Gasteiger partial charge in [0.2, 0.25) is 5.91 Å². The number of hydrogen-bond acceptors (Lipinski definition) is 5. The monoisotopic (exact) mass is 384 g/mol. The van der Waals surface area contributed by atoms with E-state index in [-0.39, 0.29) is 5.91 Å². The molecule has 1 aliphatic heterocycles. The van der Waals surface area contributed by atoms with Crippen LogP contribution in [0.4, 0.5) is 11.5 Å². The molecule has 1 aliphatic rings. The van der Waals surface area contributed by atoms with Gasteiger partial charge in [-0.05, 0) is 49.3 Å². The summed E-state index contributed by atoms with van der Waals surface area (Å²) in [5, 5.41) is 3.83. The minimum Gasteiger partial charge on any atom is -0.356 e. The Labute approximate surface area is 166 Å². The molecule has 1 amide bonds. The fourth-order valence-corrected chi connectivity index (χ4v) is 4.29. The summed E-state index contributed by atoms with van der Waals surface area (Å²) in [7, 11) is 0. The van der Waals surface area contributed by atoms with Crippen LogP contribution >= 0.6 is 11.8 Å². The Morgan fingerprint density at radius 3 is 2.67 bits per heavy atom. The average Bonchev–Trinajstić information content (AvgIpc) is 2.62. The van der Waals surface area contributed by atoms with Gasteiger partial charge < -0.3 is 10.2 Å². The molecule has 27 heavy (non-hydrogen) atoms. The third-order valence-electron chi connectivity index (χ3n) is 4.84. The number of nitrogens with one attached hydrogen (secondary N) is 1. The molecule has 5 nitrogen and oxygen atoms in total. The van der Waals surface area contributed by atoms with Crippen LogP contribution in [0, 0.1) is 25.7 Å². The largest absolute Gasteiger partial charge is 0.356 e. The number of thioether (sulfide) groups is 1.